The van der Waals surface area contributed by atoms with E-state index in [4.69, 9.17) is 24.6 Å². The van der Waals surface area contributed by atoms with Crippen LogP contribution in [0, 0.1) is 0 Å². The van der Waals surface area contributed by atoms with E-state index in [2.05, 4.69) is 30.1 Å². The summed E-state index contributed by atoms with van der Waals surface area (Å²) >= 11 is 0. The molecule has 3 N–H and O–H groups in total. The van der Waals surface area contributed by atoms with Crippen molar-refractivity contribution in [2.75, 3.05) is 27.3 Å². The number of rotatable bonds is 12. The van der Waals surface area contributed by atoms with E-state index in [1.165, 1.54) is 14.2 Å². The highest BCUT2D eigenvalue weighted by atomic mass is 17.2. The standard InChI is InChI=1S/C41H42N10O6/c1-55-41(54)47-34(27-13-7-4-8-14-27)40(53)51-20-10-15-31(51)37-45-29-18-17-28(44-36(29)49-37)21-25-22-30-35(42-23-25)48-38(46-30)32-16-9-19-50(32)39(52)33(43-24-57-56-2)26-11-5-3-6-12-26/h3-8,11-14,17-18,22-24,31-34H,9-10,15-16,19-21H2,1-2H3,(H,47,54)(H,42,46,48)(H,44,45,49)/b43-24+/t31-,32-,33+,34?/m0/s1. The number of likely N-dealkylation sites (tertiary alicyclic amines) is 2. The molecule has 2 aromatic carbocycles. The van der Waals surface area contributed by atoms with Gasteiger partial charge in [0.1, 0.15) is 23.2 Å². The number of fused-ring (bicyclic) bond motifs is 2. The Balaban J connectivity index is 0.982. The van der Waals surface area contributed by atoms with Crippen molar-refractivity contribution in [3.8, 4) is 0 Å². The van der Waals surface area contributed by atoms with Crippen LogP contribution in [0.5, 0.6) is 0 Å². The van der Waals surface area contributed by atoms with E-state index in [-0.39, 0.29) is 23.9 Å². The number of aliphatic imine (C=N–C) groups is 1. The van der Waals surface area contributed by atoms with Gasteiger partial charge in [0.15, 0.2) is 17.3 Å². The molecule has 4 aromatic heterocycles. The van der Waals surface area contributed by atoms with Gasteiger partial charge in [0.25, 0.3) is 11.8 Å². The number of carbonyl (C=O) groups excluding carboxylic acids is 3. The number of hydrogen-bond acceptors (Lipinski definition) is 11. The zero-order valence-electron chi connectivity index (χ0n) is 31.5. The number of nitrogens with zero attached hydrogens (tertiary/aromatic N) is 7. The van der Waals surface area contributed by atoms with E-state index in [1.807, 2.05) is 71.6 Å². The third kappa shape index (κ3) is 7.89. The molecule has 6 heterocycles. The second-order valence-electron chi connectivity index (χ2n) is 14.0. The van der Waals surface area contributed by atoms with Gasteiger partial charge in [0.2, 0.25) is 6.40 Å². The van der Waals surface area contributed by atoms with Gasteiger partial charge in [-0.2, -0.15) is 4.89 Å². The SMILES string of the molecule is COO/C=N/[C@@H](C(=O)N1CCC[C@H]1c1nc2cc(Cc3ccc4[nH]c([C@@H]5CCCN5C(=O)C(NC(=O)OC)c5ccccc5)nc4n3)cnc2[nH]1)c1ccccc1. The molecule has 2 fully saturated rings. The van der Waals surface area contributed by atoms with E-state index in [0.717, 1.165) is 48.0 Å². The summed E-state index contributed by atoms with van der Waals surface area (Å²) in [5.41, 5.74) is 5.74. The number of H-pyrrole nitrogens is 2. The zero-order chi connectivity index (χ0) is 39.3. The number of methoxy groups -OCH3 is 1. The van der Waals surface area contributed by atoms with Crippen molar-refractivity contribution < 1.29 is 28.9 Å². The number of amides is 3. The van der Waals surface area contributed by atoms with Gasteiger partial charge in [-0.3, -0.25) is 9.59 Å². The molecule has 0 bridgehead atoms. The average molecular weight is 771 g/mol. The van der Waals surface area contributed by atoms with Crippen LogP contribution in [-0.2, 0) is 30.5 Å². The maximum Gasteiger partial charge on any atom is 0.407 e. The Hall–Kier alpha value is -6.68. The predicted molar refractivity (Wildman–Crippen MR) is 208 cm³/mol. The van der Waals surface area contributed by atoms with Gasteiger partial charge in [-0.1, -0.05) is 60.7 Å². The molecule has 2 saturated heterocycles. The Kier molecular flexibility index (Phi) is 10.8. The van der Waals surface area contributed by atoms with E-state index < -0.39 is 18.2 Å². The number of nitrogens with one attached hydrogen (secondary N) is 3. The monoisotopic (exact) mass is 770 g/mol. The van der Waals surface area contributed by atoms with Gasteiger partial charge >= 0.3 is 6.09 Å². The summed E-state index contributed by atoms with van der Waals surface area (Å²) in [4.78, 5) is 83.7. The summed E-state index contributed by atoms with van der Waals surface area (Å²) in [6.45, 7) is 1.10. The van der Waals surface area contributed by atoms with Gasteiger partial charge in [-0.15, -0.1) is 0 Å². The second kappa shape index (κ2) is 16.6. The van der Waals surface area contributed by atoms with Gasteiger partial charge in [-0.25, -0.2) is 29.7 Å². The molecule has 16 nitrogen and oxygen atoms in total. The molecule has 292 valence electrons. The number of alkyl carbamates (subject to hydrolysis) is 1. The van der Waals surface area contributed by atoms with Crippen LogP contribution in [0.15, 0.2) is 90.1 Å². The van der Waals surface area contributed by atoms with Crippen LogP contribution in [0.4, 0.5) is 4.79 Å². The van der Waals surface area contributed by atoms with Crippen molar-refractivity contribution in [2.45, 2.75) is 56.3 Å². The van der Waals surface area contributed by atoms with Crippen molar-refractivity contribution in [1.29, 1.82) is 0 Å². The first kappa shape index (κ1) is 37.3. The first-order valence-electron chi connectivity index (χ1n) is 18.9. The summed E-state index contributed by atoms with van der Waals surface area (Å²) in [6, 6.07) is 22.1. The molecule has 1 unspecified atom stereocenters. The van der Waals surface area contributed by atoms with Crippen molar-refractivity contribution in [3.63, 3.8) is 0 Å². The predicted octanol–water partition coefficient (Wildman–Crippen LogP) is 5.59. The van der Waals surface area contributed by atoms with Gasteiger partial charge < -0.3 is 34.7 Å². The Bertz CT molecular complexity index is 2400. The molecule has 0 spiro atoms. The molecule has 6 aromatic rings. The molecular weight excluding hydrogens is 729 g/mol. The van der Waals surface area contributed by atoms with Crippen LogP contribution in [0.25, 0.3) is 22.3 Å². The minimum Gasteiger partial charge on any atom is -0.453 e. The number of aromatic amines is 2. The molecular formula is C41H42N10O6. The normalized spacial score (nSPS) is 18.0. The summed E-state index contributed by atoms with van der Waals surface area (Å²) in [6.07, 6.45) is 5.83. The number of ether oxygens (including phenoxy) is 1. The molecule has 4 atom stereocenters. The van der Waals surface area contributed by atoms with Crippen molar-refractivity contribution in [2.24, 2.45) is 4.99 Å². The van der Waals surface area contributed by atoms with Crippen molar-refractivity contribution in [3.05, 3.63) is 119 Å². The molecule has 0 saturated carbocycles. The Labute approximate surface area is 327 Å². The lowest BCUT2D eigenvalue weighted by molar-refractivity contribution is -0.188. The zero-order valence-corrected chi connectivity index (χ0v) is 31.5. The van der Waals surface area contributed by atoms with E-state index in [9.17, 15) is 14.4 Å². The lowest BCUT2D eigenvalue weighted by Crippen LogP contribution is -2.42. The van der Waals surface area contributed by atoms with Crippen molar-refractivity contribution in [1.82, 2.24) is 45.0 Å². The van der Waals surface area contributed by atoms with Crippen molar-refractivity contribution >= 4 is 46.6 Å². The number of benzene rings is 2. The number of pyridine rings is 2. The summed E-state index contributed by atoms with van der Waals surface area (Å²) in [5.74, 6) is 0.917. The molecule has 2 aliphatic rings. The maximum atomic E-state index is 13.9. The maximum absolute atomic E-state index is 13.9. The van der Waals surface area contributed by atoms with Crippen LogP contribution in [0.2, 0.25) is 0 Å². The Morgan fingerprint density at radius 3 is 2.25 bits per heavy atom. The minimum atomic E-state index is -0.905. The topological polar surface area (TPSA) is 193 Å². The van der Waals surface area contributed by atoms with Crippen LogP contribution in [0.3, 0.4) is 0 Å². The number of carbonyl (C=O) groups is 3. The van der Waals surface area contributed by atoms with Crippen LogP contribution < -0.4 is 5.32 Å². The van der Waals surface area contributed by atoms with Crippen LogP contribution >= 0.6 is 0 Å². The molecule has 0 aliphatic carbocycles. The van der Waals surface area contributed by atoms with E-state index >= 15 is 0 Å². The first-order chi connectivity index (χ1) is 27.9. The first-order valence-corrected chi connectivity index (χ1v) is 18.9. The quantitative estimate of drug-likeness (QED) is 0.0612. The number of imidazole rings is 2. The lowest BCUT2D eigenvalue weighted by atomic mass is 10.1. The van der Waals surface area contributed by atoms with E-state index in [1.54, 1.807) is 23.2 Å². The summed E-state index contributed by atoms with van der Waals surface area (Å²) < 4.78 is 4.83. The fraction of sp³-hybridized carbons (Fsp3) is 0.317. The lowest BCUT2D eigenvalue weighted by Gasteiger charge is -2.28. The Morgan fingerprint density at radius 1 is 0.860 bits per heavy atom. The molecule has 8 rings (SSSR count). The summed E-state index contributed by atoms with van der Waals surface area (Å²) in [5, 5.41) is 2.70. The third-order valence-electron chi connectivity index (χ3n) is 10.4. The van der Waals surface area contributed by atoms with Gasteiger partial charge in [0, 0.05) is 31.4 Å². The highest BCUT2D eigenvalue weighted by Crippen LogP contribution is 2.36. The van der Waals surface area contributed by atoms with Crippen LogP contribution in [0.1, 0.15) is 83.9 Å². The molecule has 2 aliphatic heterocycles. The smallest absolute Gasteiger partial charge is 0.407 e. The minimum absolute atomic E-state index is 0.157. The molecule has 16 heteroatoms. The highest BCUT2D eigenvalue weighted by Gasteiger charge is 2.38. The average Bonchev–Trinajstić information content (AvgIpc) is 4.07. The molecule has 3 amide bonds. The Morgan fingerprint density at radius 2 is 1.54 bits per heavy atom. The fourth-order valence-electron chi connectivity index (χ4n) is 7.74. The van der Waals surface area contributed by atoms with Gasteiger partial charge in [-0.05, 0) is 60.6 Å². The fourth-order valence-corrected chi connectivity index (χ4v) is 7.74. The number of aromatic nitrogens is 6. The van der Waals surface area contributed by atoms with E-state index in [0.29, 0.717) is 60.0 Å². The third-order valence-corrected chi connectivity index (χ3v) is 10.4. The largest absolute Gasteiger partial charge is 0.453 e. The number of hydrogen-bond donors (Lipinski definition) is 3. The highest BCUT2D eigenvalue weighted by molar-refractivity contribution is 5.88. The molecule has 57 heavy (non-hydrogen) atoms. The molecule has 0 radical (unpaired) electrons. The second-order valence-corrected chi connectivity index (χ2v) is 14.0. The van der Waals surface area contributed by atoms with Gasteiger partial charge in [0.05, 0.1) is 31.8 Å². The van der Waals surface area contributed by atoms with Crippen LogP contribution in [-0.4, -0.2) is 91.3 Å². The summed E-state index contributed by atoms with van der Waals surface area (Å²) in [7, 11) is 2.65.